The fourth-order valence-corrected chi connectivity index (χ4v) is 2.42. The van der Waals surface area contributed by atoms with Gasteiger partial charge >= 0.3 is 5.97 Å². The van der Waals surface area contributed by atoms with Crippen LogP contribution in [0.15, 0.2) is 30.3 Å². The van der Waals surface area contributed by atoms with Crippen LogP contribution in [0.4, 0.5) is 0 Å². The van der Waals surface area contributed by atoms with E-state index in [0.717, 1.165) is 18.4 Å². The molecule has 0 saturated carbocycles. The molecule has 16 heavy (non-hydrogen) atoms. The first-order chi connectivity index (χ1) is 7.57. The third-order valence-electron chi connectivity index (χ3n) is 3.62. The van der Waals surface area contributed by atoms with Crippen molar-refractivity contribution in [2.24, 2.45) is 5.92 Å². The third-order valence-corrected chi connectivity index (χ3v) is 3.62. The molecule has 1 atom stereocenters. The van der Waals surface area contributed by atoms with Crippen LogP contribution in [0.25, 0.3) is 0 Å². The van der Waals surface area contributed by atoms with Crippen LogP contribution in [0.3, 0.4) is 0 Å². The van der Waals surface area contributed by atoms with E-state index in [-0.39, 0.29) is 5.92 Å². The Bertz CT molecular complexity index is 341. The molecule has 1 N–H and O–H groups in total. The molecule has 0 saturated heterocycles. The smallest absolute Gasteiger partial charge is 0.314 e. The highest BCUT2D eigenvalue weighted by molar-refractivity contribution is 5.81. The van der Waals surface area contributed by atoms with Crippen molar-refractivity contribution < 1.29 is 9.90 Å². The standard InChI is InChI=1S/C14H20O2/c1-4-11(5-2)14(3,13(15)16)12-9-7-6-8-10-12/h6-11H,4-5H2,1-3H3,(H,15,16). The Kier molecular flexibility index (Phi) is 4.11. The first kappa shape index (κ1) is 12.8. The topological polar surface area (TPSA) is 37.3 Å². The van der Waals surface area contributed by atoms with Crippen molar-refractivity contribution in [2.75, 3.05) is 0 Å². The molecule has 0 aliphatic rings. The van der Waals surface area contributed by atoms with Gasteiger partial charge in [0.05, 0.1) is 5.41 Å². The van der Waals surface area contributed by atoms with Gasteiger partial charge in [0.2, 0.25) is 0 Å². The number of carboxylic acids is 1. The maximum absolute atomic E-state index is 11.6. The summed E-state index contributed by atoms with van der Waals surface area (Å²) in [5.74, 6) is -0.556. The van der Waals surface area contributed by atoms with Crippen molar-refractivity contribution in [3.63, 3.8) is 0 Å². The minimum Gasteiger partial charge on any atom is -0.481 e. The van der Waals surface area contributed by atoms with E-state index in [4.69, 9.17) is 0 Å². The summed E-state index contributed by atoms with van der Waals surface area (Å²) in [4.78, 5) is 11.6. The predicted molar refractivity (Wildman–Crippen MR) is 65.5 cm³/mol. The predicted octanol–water partition coefficient (Wildman–Crippen LogP) is 3.47. The zero-order valence-electron chi connectivity index (χ0n) is 10.2. The monoisotopic (exact) mass is 220 g/mol. The Labute approximate surface area is 97.3 Å². The van der Waals surface area contributed by atoms with Crippen LogP contribution >= 0.6 is 0 Å². The van der Waals surface area contributed by atoms with Gasteiger partial charge in [-0.2, -0.15) is 0 Å². The van der Waals surface area contributed by atoms with Crippen LogP contribution < -0.4 is 0 Å². The van der Waals surface area contributed by atoms with Gasteiger partial charge in [0.25, 0.3) is 0 Å². The van der Waals surface area contributed by atoms with Crippen LogP contribution in [-0.4, -0.2) is 11.1 Å². The van der Waals surface area contributed by atoms with Gasteiger partial charge in [-0.1, -0.05) is 57.0 Å². The number of hydrogen-bond donors (Lipinski definition) is 1. The van der Waals surface area contributed by atoms with Gasteiger partial charge < -0.3 is 5.11 Å². The maximum Gasteiger partial charge on any atom is 0.314 e. The number of hydrogen-bond acceptors (Lipinski definition) is 1. The Morgan fingerprint density at radius 2 is 1.75 bits per heavy atom. The van der Waals surface area contributed by atoms with E-state index in [9.17, 15) is 9.90 Å². The van der Waals surface area contributed by atoms with Gasteiger partial charge in [0.1, 0.15) is 0 Å². The van der Waals surface area contributed by atoms with Gasteiger partial charge in [-0.15, -0.1) is 0 Å². The average molecular weight is 220 g/mol. The fourth-order valence-electron chi connectivity index (χ4n) is 2.42. The Morgan fingerprint density at radius 1 is 1.25 bits per heavy atom. The molecular weight excluding hydrogens is 200 g/mol. The first-order valence-corrected chi connectivity index (χ1v) is 5.86. The largest absolute Gasteiger partial charge is 0.481 e. The number of benzene rings is 1. The normalized spacial score (nSPS) is 14.8. The average Bonchev–Trinajstić information content (AvgIpc) is 2.31. The molecule has 0 radical (unpaired) electrons. The van der Waals surface area contributed by atoms with Crippen molar-refractivity contribution in [1.82, 2.24) is 0 Å². The number of carbonyl (C=O) groups is 1. The van der Waals surface area contributed by atoms with E-state index in [2.05, 4.69) is 13.8 Å². The highest BCUT2D eigenvalue weighted by Gasteiger charge is 2.40. The summed E-state index contributed by atoms with van der Waals surface area (Å²) in [7, 11) is 0. The summed E-state index contributed by atoms with van der Waals surface area (Å²) >= 11 is 0. The summed E-state index contributed by atoms with van der Waals surface area (Å²) in [6.45, 7) is 5.94. The van der Waals surface area contributed by atoms with Crippen LogP contribution in [0.1, 0.15) is 39.2 Å². The highest BCUT2D eigenvalue weighted by atomic mass is 16.4. The van der Waals surface area contributed by atoms with Crippen LogP contribution in [-0.2, 0) is 10.2 Å². The van der Waals surface area contributed by atoms with Gasteiger partial charge in [-0.25, -0.2) is 0 Å². The molecule has 0 aliphatic heterocycles. The van der Waals surface area contributed by atoms with Crippen LogP contribution in [0.5, 0.6) is 0 Å². The molecule has 0 amide bonds. The van der Waals surface area contributed by atoms with E-state index >= 15 is 0 Å². The van der Waals surface area contributed by atoms with Gasteiger partial charge in [0, 0.05) is 0 Å². The fraction of sp³-hybridized carbons (Fsp3) is 0.500. The molecule has 2 heteroatoms. The van der Waals surface area contributed by atoms with Crippen LogP contribution in [0, 0.1) is 5.92 Å². The lowest BCUT2D eigenvalue weighted by Gasteiger charge is -2.33. The first-order valence-electron chi connectivity index (χ1n) is 5.86. The number of carboxylic acid groups (broad SMARTS) is 1. The van der Waals surface area contributed by atoms with Crippen molar-refractivity contribution in [1.29, 1.82) is 0 Å². The third kappa shape index (κ3) is 2.11. The minimum atomic E-state index is -0.773. The molecule has 1 aromatic carbocycles. The second-order valence-corrected chi connectivity index (χ2v) is 4.39. The molecule has 0 fully saturated rings. The SMILES string of the molecule is CCC(CC)C(C)(C(=O)O)c1ccccc1. The van der Waals surface area contributed by atoms with E-state index < -0.39 is 11.4 Å². The van der Waals surface area contributed by atoms with E-state index in [0.29, 0.717) is 0 Å². The molecule has 2 nitrogen and oxygen atoms in total. The molecule has 1 rings (SSSR count). The van der Waals surface area contributed by atoms with Crippen molar-refractivity contribution in [3.8, 4) is 0 Å². The van der Waals surface area contributed by atoms with E-state index in [1.54, 1.807) is 0 Å². The quantitative estimate of drug-likeness (QED) is 0.825. The summed E-state index contributed by atoms with van der Waals surface area (Å²) in [6, 6.07) is 9.54. The molecule has 1 aromatic rings. The van der Waals surface area contributed by atoms with Gasteiger partial charge in [-0.05, 0) is 18.4 Å². The second-order valence-electron chi connectivity index (χ2n) is 4.39. The molecule has 1 unspecified atom stereocenters. The Balaban J connectivity index is 3.21. The molecule has 0 bridgehead atoms. The highest BCUT2D eigenvalue weighted by Crippen LogP contribution is 2.36. The lowest BCUT2D eigenvalue weighted by atomic mass is 9.69. The molecule has 0 spiro atoms. The van der Waals surface area contributed by atoms with E-state index in [1.807, 2.05) is 37.3 Å². The summed E-state index contributed by atoms with van der Waals surface area (Å²) in [6.07, 6.45) is 1.77. The Morgan fingerprint density at radius 3 is 2.12 bits per heavy atom. The summed E-state index contributed by atoms with van der Waals surface area (Å²) < 4.78 is 0. The molecule has 0 heterocycles. The maximum atomic E-state index is 11.6. The molecule has 0 aliphatic carbocycles. The second kappa shape index (κ2) is 5.15. The van der Waals surface area contributed by atoms with Crippen molar-refractivity contribution in [3.05, 3.63) is 35.9 Å². The van der Waals surface area contributed by atoms with Crippen molar-refractivity contribution >= 4 is 5.97 Å². The zero-order valence-corrected chi connectivity index (χ0v) is 10.2. The number of rotatable bonds is 5. The van der Waals surface area contributed by atoms with E-state index in [1.165, 1.54) is 0 Å². The summed E-state index contributed by atoms with van der Waals surface area (Å²) in [5, 5.41) is 9.52. The lowest BCUT2D eigenvalue weighted by Crippen LogP contribution is -2.39. The molecular formula is C14H20O2. The molecule has 0 aromatic heterocycles. The van der Waals surface area contributed by atoms with Gasteiger partial charge in [-0.3, -0.25) is 4.79 Å². The summed E-state index contributed by atoms with van der Waals surface area (Å²) in [5.41, 5.74) is 0.126. The van der Waals surface area contributed by atoms with Crippen LogP contribution in [0.2, 0.25) is 0 Å². The Hall–Kier alpha value is -1.31. The van der Waals surface area contributed by atoms with Gasteiger partial charge in [0.15, 0.2) is 0 Å². The van der Waals surface area contributed by atoms with Crippen molar-refractivity contribution in [2.45, 2.75) is 39.0 Å². The number of aliphatic carboxylic acids is 1. The minimum absolute atomic E-state index is 0.174. The zero-order chi connectivity index (χ0) is 12.2. The lowest BCUT2D eigenvalue weighted by molar-refractivity contribution is -0.145. The molecule has 88 valence electrons.